The van der Waals surface area contributed by atoms with Crippen LogP contribution in [0.4, 0.5) is 8.78 Å². The molecule has 4 heteroatoms. The molecule has 1 rings (SSSR count). The van der Waals surface area contributed by atoms with E-state index in [0.717, 1.165) is 11.8 Å². The minimum absolute atomic E-state index is 0.0265. The fourth-order valence-corrected chi connectivity index (χ4v) is 2.72. The van der Waals surface area contributed by atoms with E-state index in [1.807, 2.05) is 6.07 Å². The molecule has 0 saturated carbocycles. The summed E-state index contributed by atoms with van der Waals surface area (Å²) < 4.78 is 26.1. The minimum atomic E-state index is -2.72. The fraction of sp³-hybridized carbons (Fsp3) is 0.636. The van der Waals surface area contributed by atoms with Gasteiger partial charge >= 0.3 is 0 Å². The summed E-state index contributed by atoms with van der Waals surface area (Å²) in [6.07, 6.45) is 0. The van der Waals surface area contributed by atoms with Crippen molar-refractivity contribution in [3.8, 4) is 0 Å². The van der Waals surface area contributed by atoms with E-state index in [1.54, 1.807) is 6.07 Å². The second-order valence-corrected chi connectivity index (χ2v) is 6.80. The van der Waals surface area contributed by atoms with Gasteiger partial charge in [0.25, 0.3) is 5.92 Å². The molecule has 15 heavy (non-hydrogen) atoms. The lowest BCUT2D eigenvalue weighted by Crippen LogP contribution is -2.16. The van der Waals surface area contributed by atoms with E-state index < -0.39 is 10.7 Å². The highest BCUT2D eigenvalue weighted by atomic mass is 79.9. The van der Waals surface area contributed by atoms with Gasteiger partial charge in [-0.2, -0.15) is 0 Å². The SMILES string of the molecule is CC(C)(C)c1ccc(C(Br)C(C)(F)F)s1. The van der Waals surface area contributed by atoms with Crippen LogP contribution in [-0.2, 0) is 5.41 Å². The number of alkyl halides is 3. The third-order valence-electron chi connectivity index (χ3n) is 2.06. The first-order chi connectivity index (χ1) is 6.62. The Morgan fingerprint density at radius 3 is 2.07 bits per heavy atom. The Labute approximate surface area is 102 Å². The van der Waals surface area contributed by atoms with Gasteiger partial charge in [0.1, 0.15) is 4.83 Å². The van der Waals surface area contributed by atoms with Crippen LogP contribution in [0.15, 0.2) is 12.1 Å². The lowest BCUT2D eigenvalue weighted by atomic mass is 9.95. The lowest BCUT2D eigenvalue weighted by Gasteiger charge is -2.17. The van der Waals surface area contributed by atoms with E-state index in [-0.39, 0.29) is 5.41 Å². The predicted molar refractivity (Wildman–Crippen MR) is 65.3 cm³/mol. The molecule has 1 aromatic heterocycles. The molecular weight excluding hydrogens is 282 g/mol. The summed E-state index contributed by atoms with van der Waals surface area (Å²) in [4.78, 5) is 0.935. The monoisotopic (exact) mass is 296 g/mol. The summed E-state index contributed by atoms with van der Waals surface area (Å²) in [6, 6.07) is 3.71. The van der Waals surface area contributed by atoms with Gasteiger partial charge in [-0.3, -0.25) is 0 Å². The van der Waals surface area contributed by atoms with Gasteiger partial charge in [0.2, 0.25) is 0 Å². The molecule has 1 atom stereocenters. The van der Waals surface area contributed by atoms with Crippen molar-refractivity contribution in [2.24, 2.45) is 0 Å². The largest absolute Gasteiger partial charge is 0.262 e. The molecule has 0 fully saturated rings. The van der Waals surface area contributed by atoms with Crippen LogP contribution in [0.3, 0.4) is 0 Å². The summed E-state index contributed by atoms with van der Waals surface area (Å²) in [5, 5.41) is 0. The zero-order chi connectivity index (χ0) is 11.9. The minimum Gasteiger partial charge on any atom is -0.206 e. The third-order valence-corrected chi connectivity index (χ3v) is 5.24. The van der Waals surface area contributed by atoms with Crippen molar-refractivity contribution in [1.29, 1.82) is 0 Å². The van der Waals surface area contributed by atoms with E-state index >= 15 is 0 Å². The van der Waals surface area contributed by atoms with Crippen LogP contribution in [0.25, 0.3) is 0 Å². The second-order valence-electron chi connectivity index (χ2n) is 4.77. The first kappa shape index (κ1) is 13.1. The highest BCUT2D eigenvalue weighted by Crippen LogP contribution is 2.42. The molecule has 1 heterocycles. The molecule has 0 aliphatic heterocycles. The molecule has 1 unspecified atom stereocenters. The van der Waals surface area contributed by atoms with E-state index in [2.05, 4.69) is 36.7 Å². The van der Waals surface area contributed by atoms with Crippen molar-refractivity contribution in [2.75, 3.05) is 0 Å². The first-order valence-corrected chi connectivity index (χ1v) is 6.47. The van der Waals surface area contributed by atoms with Gasteiger partial charge in [-0.1, -0.05) is 36.7 Å². The smallest absolute Gasteiger partial charge is 0.206 e. The molecule has 0 radical (unpaired) electrons. The van der Waals surface area contributed by atoms with Gasteiger partial charge in [-0.25, -0.2) is 8.78 Å². The normalized spacial score (nSPS) is 15.4. The van der Waals surface area contributed by atoms with Crippen LogP contribution >= 0.6 is 27.3 Å². The topological polar surface area (TPSA) is 0 Å². The van der Waals surface area contributed by atoms with Crippen LogP contribution in [-0.4, -0.2) is 5.92 Å². The van der Waals surface area contributed by atoms with Crippen molar-refractivity contribution in [2.45, 2.75) is 43.9 Å². The highest BCUT2D eigenvalue weighted by molar-refractivity contribution is 9.09. The van der Waals surface area contributed by atoms with Crippen LogP contribution in [0.2, 0.25) is 0 Å². The van der Waals surface area contributed by atoms with Crippen molar-refractivity contribution in [3.05, 3.63) is 21.9 Å². The van der Waals surface area contributed by atoms with E-state index in [0.29, 0.717) is 4.88 Å². The van der Waals surface area contributed by atoms with Gasteiger partial charge in [0.05, 0.1) is 0 Å². The van der Waals surface area contributed by atoms with E-state index in [9.17, 15) is 8.78 Å². The molecule has 0 N–H and O–H groups in total. The number of rotatable bonds is 2. The lowest BCUT2D eigenvalue weighted by molar-refractivity contribution is 0.0221. The average molecular weight is 297 g/mol. The molecule has 0 bridgehead atoms. The Hall–Kier alpha value is 0.0400. The Bertz CT molecular complexity index is 333. The molecule has 0 saturated heterocycles. The van der Waals surface area contributed by atoms with E-state index in [1.165, 1.54) is 11.3 Å². The molecule has 0 spiro atoms. The standard InChI is InChI=1S/C11H15BrF2S/c1-10(2,3)8-6-5-7(15-8)9(12)11(4,13)14/h5-6,9H,1-4H3. The van der Waals surface area contributed by atoms with Gasteiger partial charge < -0.3 is 0 Å². The molecule has 0 amide bonds. The van der Waals surface area contributed by atoms with Crippen LogP contribution in [0, 0.1) is 0 Å². The van der Waals surface area contributed by atoms with Crippen LogP contribution in [0.5, 0.6) is 0 Å². The Balaban J connectivity index is 2.95. The maximum Gasteiger partial charge on any atom is 0.262 e. The Kier molecular flexibility index (Phi) is 3.61. The summed E-state index contributed by atoms with van der Waals surface area (Å²) in [5.41, 5.74) is 0.0265. The summed E-state index contributed by atoms with van der Waals surface area (Å²) in [7, 11) is 0. The number of halogens is 3. The number of hydrogen-bond acceptors (Lipinski definition) is 1. The quantitative estimate of drug-likeness (QED) is 0.663. The van der Waals surface area contributed by atoms with Crippen LogP contribution in [0.1, 0.15) is 42.3 Å². The third kappa shape index (κ3) is 3.25. The average Bonchev–Trinajstić information content (AvgIpc) is 2.47. The molecule has 0 aliphatic rings. The highest BCUT2D eigenvalue weighted by Gasteiger charge is 2.34. The fourth-order valence-electron chi connectivity index (χ4n) is 1.14. The zero-order valence-electron chi connectivity index (χ0n) is 9.27. The van der Waals surface area contributed by atoms with Gasteiger partial charge in [0.15, 0.2) is 0 Å². The summed E-state index contributed by atoms with van der Waals surface area (Å²) in [5.74, 6) is -2.72. The van der Waals surface area contributed by atoms with Gasteiger partial charge in [0, 0.05) is 16.7 Å². The van der Waals surface area contributed by atoms with E-state index in [4.69, 9.17) is 0 Å². The maximum atomic E-state index is 13.1. The number of hydrogen-bond donors (Lipinski definition) is 0. The predicted octanol–water partition coefficient (Wildman–Crippen LogP) is 5.14. The van der Waals surface area contributed by atoms with Crippen molar-refractivity contribution >= 4 is 27.3 Å². The van der Waals surface area contributed by atoms with Gasteiger partial charge in [-0.15, -0.1) is 11.3 Å². The van der Waals surface area contributed by atoms with Crippen LogP contribution < -0.4 is 0 Å². The molecular formula is C11H15BrF2S. The molecule has 0 aliphatic carbocycles. The maximum absolute atomic E-state index is 13.1. The van der Waals surface area contributed by atoms with Crippen molar-refractivity contribution in [1.82, 2.24) is 0 Å². The summed E-state index contributed by atoms with van der Waals surface area (Å²) in [6.45, 7) is 7.17. The second kappa shape index (κ2) is 4.13. The Morgan fingerprint density at radius 1 is 1.20 bits per heavy atom. The first-order valence-electron chi connectivity index (χ1n) is 4.74. The van der Waals surface area contributed by atoms with Crippen molar-refractivity contribution in [3.63, 3.8) is 0 Å². The molecule has 1 aromatic rings. The summed E-state index contributed by atoms with van der Waals surface area (Å²) >= 11 is 4.49. The number of thiophene rings is 1. The Morgan fingerprint density at radius 2 is 1.73 bits per heavy atom. The van der Waals surface area contributed by atoms with Crippen molar-refractivity contribution < 1.29 is 8.78 Å². The molecule has 0 nitrogen and oxygen atoms in total. The van der Waals surface area contributed by atoms with Gasteiger partial charge in [-0.05, 0) is 17.5 Å². The molecule has 0 aromatic carbocycles. The zero-order valence-corrected chi connectivity index (χ0v) is 11.7. The molecule has 86 valence electrons.